The average Bonchev–Trinajstić information content (AvgIpc) is 2.09. The van der Waals surface area contributed by atoms with E-state index in [-0.39, 0.29) is 12.1 Å². The van der Waals surface area contributed by atoms with Gasteiger partial charge in [-0.3, -0.25) is 5.84 Å². The molecule has 1 rings (SSSR count). The first-order valence-corrected chi connectivity index (χ1v) is 4.65. The van der Waals surface area contributed by atoms with Gasteiger partial charge in [-0.2, -0.15) is 11.8 Å². The predicted molar refractivity (Wildman–Crippen MR) is 47.0 cm³/mol. The highest BCUT2D eigenvalue weighted by atomic mass is 32.2. The Hall–Kier alpha value is -0.210. The van der Waals surface area contributed by atoms with E-state index < -0.39 is 0 Å². The lowest BCUT2D eigenvalue weighted by atomic mass is 10.2. The van der Waals surface area contributed by atoms with E-state index in [2.05, 4.69) is 11.3 Å². The van der Waals surface area contributed by atoms with Gasteiger partial charge in [0.2, 0.25) is 0 Å². The molecule has 3 nitrogen and oxygen atoms in total. The van der Waals surface area contributed by atoms with E-state index in [0.717, 1.165) is 18.1 Å². The van der Waals surface area contributed by atoms with Gasteiger partial charge in [-0.1, -0.05) is 5.92 Å². The predicted octanol–water partition coefficient (Wildman–Crippen LogP) is -0.417. The van der Waals surface area contributed by atoms with Crippen LogP contribution in [0.25, 0.3) is 0 Å². The van der Waals surface area contributed by atoms with E-state index in [0.29, 0.717) is 0 Å². The fourth-order valence-electron chi connectivity index (χ4n) is 0.961. The van der Waals surface area contributed by atoms with Crippen LogP contribution in [-0.4, -0.2) is 30.3 Å². The molecule has 0 radical (unpaired) electrons. The normalized spacial score (nSPS) is 27.5. The Labute approximate surface area is 71.0 Å². The summed E-state index contributed by atoms with van der Waals surface area (Å²) >= 11 is 1.85. The molecule has 0 amide bonds. The third-order valence-corrected chi connectivity index (χ3v) is 2.59. The molecule has 0 spiro atoms. The van der Waals surface area contributed by atoms with E-state index in [1.165, 1.54) is 0 Å². The number of terminal acetylenes is 1. The van der Waals surface area contributed by atoms with Gasteiger partial charge in [0.05, 0.1) is 12.7 Å². The van der Waals surface area contributed by atoms with Crippen molar-refractivity contribution in [1.29, 1.82) is 0 Å². The Morgan fingerprint density at radius 1 is 1.82 bits per heavy atom. The molecule has 0 aliphatic carbocycles. The maximum atomic E-state index is 5.42. The fraction of sp³-hybridized carbons (Fsp3) is 0.714. The van der Waals surface area contributed by atoms with Crippen molar-refractivity contribution in [3.8, 4) is 12.3 Å². The summed E-state index contributed by atoms with van der Waals surface area (Å²) in [5, 5.41) is 0. The van der Waals surface area contributed by atoms with Gasteiger partial charge >= 0.3 is 0 Å². The van der Waals surface area contributed by atoms with Crippen molar-refractivity contribution in [2.75, 3.05) is 18.1 Å². The minimum atomic E-state index is -0.150. The number of nitrogens with two attached hydrogens (primary N) is 1. The molecule has 1 saturated heterocycles. The van der Waals surface area contributed by atoms with Gasteiger partial charge in [-0.05, 0) is 0 Å². The van der Waals surface area contributed by atoms with E-state index in [1.54, 1.807) is 0 Å². The Morgan fingerprint density at radius 2 is 2.64 bits per heavy atom. The summed E-state index contributed by atoms with van der Waals surface area (Å²) in [6.45, 7) is 0.773. The molecule has 0 bridgehead atoms. The lowest BCUT2D eigenvalue weighted by molar-refractivity contribution is 0.0609. The molecule has 0 aromatic rings. The summed E-state index contributed by atoms with van der Waals surface area (Å²) < 4.78 is 5.42. The van der Waals surface area contributed by atoms with Crippen molar-refractivity contribution in [2.24, 2.45) is 5.84 Å². The number of hydrazine groups is 1. The second kappa shape index (κ2) is 4.62. The van der Waals surface area contributed by atoms with Gasteiger partial charge in [0, 0.05) is 11.5 Å². The lowest BCUT2D eigenvalue weighted by Gasteiger charge is -2.26. The molecule has 4 heteroatoms. The van der Waals surface area contributed by atoms with Crippen LogP contribution in [0.3, 0.4) is 0 Å². The third-order valence-electron chi connectivity index (χ3n) is 1.57. The van der Waals surface area contributed by atoms with Crippen LogP contribution in [0.1, 0.15) is 0 Å². The average molecular weight is 172 g/mol. The summed E-state index contributed by atoms with van der Waals surface area (Å²) in [7, 11) is 0. The first-order chi connectivity index (χ1) is 5.38. The van der Waals surface area contributed by atoms with Crippen molar-refractivity contribution in [2.45, 2.75) is 12.1 Å². The van der Waals surface area contributed by atoms with Crippen LogP contribution >= 0.6 is 11.8 Å². The molecule has 2 unspecified atom stereocenters. The highest BCUT2D eigenvalue weighted by molar-refractivity contribution is 7.99. The third kappa shape index (κ3) is 2.38. The number of hydrogen-bond donors (Lipinski definition) is 2. The highest BCUT2D eigenvalue weighted by Crippen LogP contribution is 2.14. The number of hydrogen-bond acceptors (Lipinski definition) is 4. The van der Waals surface area contributed by atoms with Crippen LogP contribution in [0.5, 0.6) is 0 Å². The number of nitrogens with one attached hydrogen (secondary N) is 1. The molecule has 1 heterocycles. The maximum Gasteiger partial charge on any atom is 0.108 e. The molecule has 1 aliphatic rings. The SMILES string of the molecule is C#CC(NN)C1CSCCO1. The van der Waals surface area contributed by atoms with Gasteiger partial charge in [-0.25, -0.2) is 5.43 Å². The Kier molecular flexibility index (Phi) is 3.73. The molecule has 0 saturated carbocycles. The summed E-state index contributed by atoms with van der Waals surface area (Å²) in [6, 6.07) is -0.150. The smallest absolute Gasteiger partial charge is 0.108 e. The van der Waals surface area contributed by atoms with Crippen LogP contribution in [0.4, 0.5) is 0 Å². The molecule has 0 aromatic heterocycles. The minimum Gasteiger partial charge on any atom is -0.374 e. The molecular weight excluding hydrogens is 160 g/mol. The molecule has 2 atom stereocenters. The van der Waals surface area contributed by atoms with Gasteiger partial charge in [0.15, 0.2) is 0 Å². The second-order valence-corrected chi connectivity index (χ2v) is 3.44. The van der Waals surface area contributed by atoms with Gasteiger partial charge in [0.25, 0.3) is 0 Å². The molecule has 1 fully saturated rings. The van der Waals surface area contributed by atoms with Gasteiger partial charge in [-0.15, -0.1) is 6.42 Å². The molecule has 11 heavy (non-hydrogen) atoms. The van der Waals surface area contributed by atoms with Crippen molar-refractivity contribution >= 4 is 11.8 Å². The minimum absolute atomic E-state index is 0.0729. The van der Waals surface area contributed by atoms with E-state index >= 15 is 0 Å². The molecule has 0 aromatic carbocycles. The number of ether oxygens (including phenoxy) is 1. The van der Waals surface area contributed by atoms with Crippen molar-refractivity contribution in [1.82, 2.24) is 5.43 Å². The first-order valence-electron chi connectivity index (χ1n) is 3.50. The number of rotatable bonds is 2. The Balaban J connectivity index is 2.38. The molecule has 3 N–H and O–H groups in total. The summed E-state index contributed by atoms with van der Waals surface area (Å²) in [5.74, 6) is 9.76. The van der Waals surface area contributed by atoms with Crippen LogP contribution < -0.4 is 11.3 Å². The summed E-state index contributed by atoms with van der Waals surface area (Å²) in [6.07, 6.45) is 5.31. The highest BCUT2D eigenvalue weighted by Gasteiger charge is 2.21. The monoisotopic (exact) mass is 172 g/mol. The van der Waals surface area contributed by atoms with E-state index in [9.17, 15) is 0 Å². The maximum absolute atomic E-state index is 5.42. The zero-order valence-corrected chi connectivity index (χ0v) is 7.06. The first kappa shape index (κ1) is 8.88. The van der Waals surface area contributed by atoms with Crippen molar-refractivity contribution < 1.29 is 4.74 Å². The van der Waals surface area contributed by atoms with Crippen LogP contribution in [0, 0.1) is 12.3 Å². The molecule has 62 valence electrons. The largest absolute Gasteiger partial charge is 0.374 e. The quantitative estimate of drug-likeness (QED) is 0.337. The van der Waals surface area contributed by atoms with Gasteiger partial charge in [0.1, 0.15) is 6.04 Å². The topological polar surface area (TPSA) is 47.3 Å². The van der Waals surface area contributed by atoms with E-state index in [1.807, 2.05) is 11.8 Å². The summed E-state index contributed by atoms with van der Waals surface area (Å²) in [5.41, 5.74) is 2.55. The van der Waals surface area contributed by atoms with Crippen molar-refractivity contribution in [3.05, 3.63) is 0 Å². The fourth-order valence-corrected chi connectivity index (χ4v) is 1.86. The molecular formula is C7H12N2OS. The Morgan fingerprint density at radius 3 is 3.09 bits per heavy atom. The van der Waals surface area contributed by atoms with E-state index in [4.69, 9.17) is 17.0 Å². The zero-order valence-electron chi connectivity index (χ0n) is 6.25. The Bertz CT molecular complexity index is 151. The van der Waals surface area contributed by atoms with Crippen LogP contribution in [0.2, 0.25) is 0 Å². The lowest BCUT2D eigenvalue weighted by Crippen LogP contribution is -2.46. The van der Waals surface area contributed by atoms with Crippen LogP contribution in [-0.2, 0) is 4.74 Å². The van der Waals surface area contributed by atoms with Crippen LogP contribution in [0.15, 0.2) is 0 Å². The van der Waals surface area contributed by atoms with Crippen molar-refractivity contribution in [3.63, 3.8) is 0 Å². The summed E-state index contributed by atoms with van der Waals surface area (Å²) in [4.78, 5) is 0. The zero-order chi connectivity index (χ0) is 8.10. The second-order valence-electron chi connectivity index (χ2n) is 2.30. The van der Waals surface area contributed by atoms with Gasteiger partial charge < -0.3 is 4.74 Å². The standard InChI is InChI=1S/C7H12N2OS/c1-2-6(9-8)7-5-11-4-3-10-7/h1,6-7,9H,3-5,8H2. The number of thioether (sulfide) groups is 1. The molecule has 1 aliphatic heterocycles.